The lowest BCUT2D eigenvalue weighted by Gasteiger charge is -2.34. The van der Waals surface area contributed by atoms with Crippen LogP contribution in [0.25, 0.3) is 16.6 Å². The molecule has 3 heterocycles. The maximum atomic E-state index is 13.4. The molecular formula is C23H26N6O4. The SMILES string of the molecule is CCOC(=O)N1CCN(C(=O)Cn2nc(C3CC3)c3cnn(-c4ccccc4)c3c2=O)CC1. The lowest BCUT2D eigenvalue weighted by atomic mass is 10.2. The van der Waals surface area contributed by atoms with Gasteiger partial charge in [0.25, 0.3) is 5.56 Å². The molecule has 0 bridgehead atoms. The summed E-state index contributed by atoms with van der Waals surface area (Å²) in [6.45, 7) is 3.53. The molecule has 0 atom stereocenters. The highest BCUT2D eigenvalue weighted by molar-refractivity contribution is 5.83. The number of fused-ring (bicyclic) bond motifs is 1. The third kappa shape index (κ3) is 4.08. The molecule has 1 saturated carbocycles. The second-order valence-electron chi connectivity index (χ2n) is 8.34. The summed E-state index contributed by atoms with van der Waals surface area (Å²) >= 11 is 0. The van der Waals surface area contributed by atoms with Crippen LogP contribution in [0.1, 0.15) is 31.4 Å². The van der Waals surface area contributed by atoms with E-state index >= 15 is 0 Å². The lowest BCUT2D eigenvalue weighted by Crippen LogP contribution is -2.51. The molecule has 2 amide bonds. The first kappa shape index (κ1) is 21.2. The molecule has 172 valence electrons. The Hall–Kier alpha value is -3.69. The number of piperazine rings is 1. The average Bonchev–Trinajstić information content (AvgIpc) is 3.59. The minimum absolute atomic E-state index is 0.145. The highest BCUT2D eigenvalue weighted by Crippen LogP contribution is 2.41. The van der Waals surface area contributed by atoms with Crippen LogP contribution in [-0.2, 0) is 16.1 Å². The van der Waals surface area contributed by atoms with Crippen LogP contribution >= 0.6 is 0 Å². The smallest absolute Gasteiger partial charge is 0.409 e. The van der Waals surface area contributed by atoms with Gasteiger partial charge in [-0.05, 0) is 31.9 Å². The van der Waals surface area contributed by atoms with Crippen LogP contribution in [0.3, 0.4) is 0 Å². The van der Waals surface area contributed by atoms with Crippen molar-refractivity contribution in [2.24, 2.45) is 0 Å². The van der Waals surface area contributed by atoms with E-state index in [-0.39, 0.29) is 30.0 Å². The standard InChI is InChI=1S/C23H26N6O4/c1-2-33-23(32)27-12-10-26(11-13-27)19(30)15-28-22(31)21-18(20(25-28)16-8-9-16)14-24-29(21)17-6-4-3-5-7-17/h3-7,14,16H,2,8-13,15H2,1H3. The molecule has 0 N–H and O–H groups in total. The largest absolute Gasteiger partial charge is 0.450 e. The van der Waals surface area contributed by atoms with Gasteiger partial charge in [-0.1, -0.05) is 18.2 Å². The van der Waals surface area contributed by atoms with Gasteiger partial charge in [0.05, 0.1) is 24.2 Å². The summed E-state index contributed by atoms with van der Waals surface area (Å²) in [7, 11) is 0. The van der Waals surface area contributed by atoms with Gasteiger partial charge >= 0.3 is 6.09 Å². The first-order valence-corrected chi connectivity index (χ1v) is 11.3. The van der Waals surface area contributed by atoms with Crippen molar-refractivity contribution in [3.8, 4) is 5.69 Å². The monoisotopic (exact) mass is 450 g/mol. The lowest BCUT2D eigenvalue weighted by molar-refractivity contribution is -0.133. The number of ether oxygens (including phenoxy) is 1. The molecule has 10 nitrogen and oxygen atoms in total. The van der Waals surface area contributed by atoms with Gasteiger partial charge in [0.15, 0.2) is 0 Å². The maximum absolute atomic E-state index is 13.4. The van der Waals surface area contributed by atoms with Gasteiger partial charge in [0.1, 0.15) is 12.1 Å². The van der Waals surface area contributed by atoms with Gasteiger partial charge < -0.3 is 14.5 Å². The highest BCUT2D eigenvalue weighted by atomic mass is 16.6. The minimum Gasteiger partial charge on any atom is -0.450 e. The van der Waals surface area contributed by atoms with Crippen molar-refractivity contribution in [2.75, 3.05) is 32.8 Å². The molecule has 0 spiro atoms. The van der Waals surface area contributed by atoms with E-state index in [1.807, 2.05) is 30.3 Å². The van der Waals surface area contributed by atoms with Gasteiger partial charge in [0, 0.05) is 37.5 Å². The normalized spacial score (nSPS) is 16.3. The van der Waals surface area contributed by atoms with Crippen molar-refractivity contribution in [3.05, 3.63) is 52.6 Å². The van der Waals surface area contributed by atoms with Crippen LogP contribution in [0.15, 0.2) is 41.3 Å². The fraction of sp³-hybridized carbons (Fsp3) is 0.435. The fourth-order valence-corrected chi connectivity index (χ4v) is 4.21. The Balaban J connectivity index is 1.42. The summed E-state index contributed by atoms with van der Waals surface area (Å²) in [6, 6.07) is 9.47. The number of nitrogens with zero attached hydrogens (tertiary/aromatic N) is 6. The predicted molar refractivity (Wildman–Crippen MR) is 120 cm³/mol. The minimum atomic E-state index is -0.365. The van der Waals surface area contributed by atoms with Crippen molar-refractivity contribution in [2.45, 2.75) is 32.2 Å². The van der Waals surface area contributed by atoms with Crippen molar-refractivity contribution in [1.82, 2.24) is 29.4 Å². The number of aromatic nitrogens is 4. The number of benzene rings is 1. The first-order valence-electron chi connectivity index (χ1n) is 11.3. The number of hydrogen-bond donors (Lipinski definition) is 0. The summed E-state index contributed by atoms with van der Waals surface area (Å²) in [5.41, 5.74) is 1.71. The van der Waals surface area contributed by atoms with E-state index in [9.17, 15) is 14.4 Å². The number of para-hydroxylation sites is 1. The molecule has 33 heavy (non-hydrogen) atoms. The Bertz CT molecular complexity index is 1240. The van der Waals surface area contributed by atoms with Crippen LogP contribution < -0.4 is 5.56 Å². The highest BCUT2D eigenvalue weighted by Gasteiger charge is 2.31. The van der Waals surface area contributed by atoms with E-state index in [1.54, 1.807) is 27.6 Å². The Morgan fingerprint density at radius 1 is 1.06 bits per heavy atom. The maximum Gasteiger partial charge on any atom is 0.409 e. The van der Waals surface area contributed by atoms with Crippen LogP contribution in [-0.4, -0.2) is 74.1 Å². The Kier molecular flexibility index (Phi) is 5.57. The van der Waals surface area contributed by atoms with E-state index in [4.69, 9.17) is 4.74 Å². The van der Waals surface area contributed by atoms with Crippen molar-refractivity contribution in [3.63, 3.8) is 0 Å². The van der Waals surface area contributed by atoms with E-state index in [0.29, 0.717) is 38.3 Å². The second kappa shape index (κ2) is 8.68. The molecule has 2 aromatic heterocycles. The molecule has 0 unspecified atom stereocenters. The summed E-state index contributed by atoms with van der Waals surface area (Å²) in [5.74, 6) is 0.0935. The summed E-state index contributed by atoms with van der Waals surface area (Å²) in [6.07, 6.45) is 3.36. The Morgan fingerprint density at radius 3 is 2.42 bits per heavy atom. The number of rotatable bonds is 5. The number of carbonyl (C=O) groups is 2. The van der Waals surface area contributed by atoms with E-state index in [1.165, 1.54) is 4.68 Å². The summed E-state index contributed by atoms with van der Waals surface area (Å²) in [4.78, 5) is 41.6. The Labute approximate surface area is 190 Å². The van der Waals surface area contributed by atoms with Crippen molar-refractivity contribution < 1.29 is 14.3 Å². The topological polar surface area (TPSA) is 103 Å². The first-order chi connectivity index (χ1) is 16.1. The van der Waals surface area contributed by atoms with Gasteiger partial charge in [-0.25, -0.2) is 14.2 Å². The number of amides is 2. The van der Waals surface area contributed by atoms with Crippen LogP contribution in [0.4, 0.5) is 4.79 Å². The van der Waals surface area contributed by atoms with Gasteiger partial charge in [-0.15, -0.1) is 0 Å². The van der Waals surface area contributed by atoms with Gasteiger partial charge in [-0.2, -0.15) is 10.2 Å². The van der Waals surface area contributed by atoms with E-state index in [0.717, 1.165) is 29.6 Å². The zero-order valence-corrected chi connectivity index (χ0v) is 18.5. The second-order valence-corrected chi connectivity index (χ2v) is 8.34. The summed E-state index contributed by atoms with van der Waals surface area (Å²) < 4.78 is 7.93. The van der Waals surface area contributed by atoms with Crippen molar-refractivity contribution in [1.29, 1.82) is 0 Å². The zero-order chi connectivity index (χ0) is 22.9. The predicted octanol–water partition coefficient (Wildman–Crippen LogP) is 1.76. The quantitative estimate of drug-likeness (QED) is 0.587. The molecule has 2 fully saturated rings. The number of carbonyl (C=O) groups excluding carboxylic acids is 2. The van der Waals surface area contributed by atoms with Crippen LogP contribution in [0.2, 0.25) is 0 Å². The van der Waals surface area contributed by atoms with Crippen LogP contribution in [0, 0.1) is 0 Å². The molecule has 1 aromatic carbocycles. The van der Waals surface area contributed by atoms with Gasteiger partial charge in [-0.3, -0.25) is 9.59 Å². The van der Waals surface area contributed by atoms with Crippen LogP contribution in [0.5, 0.6) is 0 Å². The summed E-state index contributed by atoms with van der Waals surface area (Å²) in [5, 5.41) is 9.80. The molecule has 10 heteroatoms. The van der Waals surface area contributed by atoms with E-state index in [2.05, 4.69) is 10.2 Å². The zero-order valence-electron chi connectivity index (χ0n) is 18.5. The third-order valence-electron chi connectivity index (χ3n) is 6.12. The molecule has 1 saturated heterocycles. The molecule has 1 aliphatic heterocycles. The van der Waals surface area contributed by atoms with E-state index < -0.39 is 0 Å². The van der Waals surface area contributed by atoms with Crippen molar-refractivity contribution >= 4 is 22.9 Å². The van der Waals surface area contributed by atoms with Gasteiger partial charge in [0.2, 0.25) is 5.91 Å². The molecule has 3 aromatic rings. The molecular weight excluding hydrogens is 424 g/mol. The fourth-order valence-electron chi connectivity index (χ4n) is 4.21. The molecule has 0 radical (unpaired) electrons. The number of hydrogen-bond acceptors (Lipinski definition) is 6. The Morgan fingerprint density at radius 2 is 1.76 bits per heavy atom. The molecule has 1 aliphatic carbocycles. The third-order valence-corrected chi connectivity index (χ3v) is 6.12. The molecule has 5 rings (SSSR count). The molecule has 2 aliphatic rings. The average molecular weight is 450 g/mol.